The molecule has 0 bridgehead atoms. The number of hydrogen-bond donors (Lipinski definition) is 4. The molecule has 1 amide bonds. The van der Waals surface area contributed by atoms with Crippen molar-refractivity contribution in [3.8, 4) is 0 Å². The predicted octanol–water partition coefficient (Wildman–Crippen LogP) is 1.66. The maximum atomic E-state index is 12.4. The lowest BCUT2D eigenvalue weighted by Gasteiger charge is -2.18. The van der Waals surface area contributed by atoms with Crippen molar-refractivity contribution in [3.63, 3.8) is 0 Å². The molecule has 136 valence electrons. The van der Waals surface area contributed by atoms with Gasteiger partial charge in [0.15, 0.2) is 0 Å². The van der Waals surface area contributed by atoms with Crippen LogP contribution in [0, 0.1) is 0 Å². The molecule has 0 aliphatic carbocycles. The lowest BCUT2D eigenvalue weighted by Crippen LogP contribution is -2.50. The Kier molecular flexibility index (Phi) is 8.54. The SMILES string of the molecule is CCSCCC(N)C(O)C(=O)NNCc1ccc(C(F)(F)F)cc1. The molecule has 0 heterocycles. The molecule has 5 nitrogen and oxygen atoms in total. The third-order valence-corrected chi connectivity index (χ3v) is 4.19. The number of alkyl halides is 3. The normalized spacial score (nSPS) is 14.2. The Labute approximate surface area is 143 Å². The van der Waals surface area contributed by atoms with Gasteiger partial charge in [-0.25, -0.2) is 5.43 Å². The molecule has 0 saturated heterocycles. The molecule has 1 aromatic rings. The average molecular weight is 365 g/mol. The smallest absolute Gasteiger partial charge is 0.382 e. The van der Waals surface area contributed by atoms with Crippen molar-refractivity contribution in [3.05, 3.63) is 35.4 Å². The summed E-state index contributed by atoms with van der Waals surface area (Å²) in [7, 11) is 0. The summed E-state index contributed by atoms with van der Waals surface area (Å²) in [6.45, 7) is 2.13. The van der Waals surface area contributed by atoms with Crippen molar-refractivity contribution < 1.29 is 23.1 Å². The topological polar surface area (TPSA) is 87.4 Å². The van der Waals surface area contributed by atoms with Gasteiger partial charge < -0.3 is 10.8 Å². The highest BCUT2D eigenvalue weighted by atomic mass is 32.2. The first-order valence-electron chi connectivity index (χ1n) is 7.46. The zero-order valence-corrected chi connectivity index (χ0v) is 14.1. The average Bonchev–Trinajstić information content (AvgIpc) is 2.53. The van der Waals surface area contributed by atoms with Crippen LogP contribution in [0.5, 0.6) is 0 Å². The summed E-state index contributed by atoms with van der Waals surface area (Å²) in [5.74, 6) is 1.01. The maximum Gasteiger partial charge on any atom is 0.416 e. The largest absolute Gasteiger partial charge is 0.416 e. The van der Waals surface area contributed by atoms with E-state index in [2.05, 4.69) is 10.9 Å². The number of thioether (sulfide) groups is 1. The van der Waals surface area contributed by atoms with Crippen LogP contribution < -0.4 is 16.6 Å². The Hall–Kier alpha value is -1.29. The Morgan fingerprint density at radius 3 is 2.50 bits per heavy atom. The van der Waals surface area contributed by atoms with Crippen molar-refractivity contribution >= 4 is 17.7 Å². The molecule has 0 saturated carbocycles. The summed E-state index contributed by atoms with van der Waals surface area (Å²) < 4.78 is 37.3. The first-order chi connectivity index (χ1) is 11.3. The van der Waals surface area contributed by atoms with Gasteiger partial charge in [0, 0.05) is 12.6 Å². The molecule has 5 N–H and O–H groups in total. The number of nitrogens with one attached hydrogen (secondary N) is 2. The van der Waals surface area contributed by atoms with E-state index >= 15 is 0 Å². The predicted molar refractivity (Wildman–Crippen MR) is 88.0 cm³/mol. The molecule has 2 atom stereocenters. The minimum absolute atomic E-state index is 0.123. The van der Waals surface area contributed by atoms with Crippen molar-refractivity contribution in [2.75, 3.05) is 11.5 Å². The van der Waals surface area contributed by atoms with Gasteiger partial charge in [0.05, 0.1) is 5.56 Å². The molecule has 1 aromatic carbocycles. The molecular formula is C15H22F3N3O2S. The number of nitrogens with two attached hydrogens (primary N) is 1. The Bertz CT molecular complexity index is 512. The van der Waals surface area contributed by atoms with Gasteiger partial charge in [0.1, 0.15) is 6.10 Å². The van der Waals surface area contributed by atoms with E-state index in [-0.39, 0.29) is 6.54 Å². The number of amides is 1. The van der Waals surface area contributed by atoms with E-state index in [0.29, 0.717) is 12.0 Å². The van der Waals surface area contributed by atoms with Crippen LogP contribution in [0.4, 0.5) is 13.2 Å². The van der Waals surface area contributed by atoms with Crippen LogP contribution in [0.25, 0.3) is 0 Å². The monoisotopic (exact) mass is 365 g/mol. The van der Waals surface area contributed by atoms with Crippen LogP contribution in [-0.2, 0) is 17.5 Å². The number of carbonyl (C=O) groups is 1. The number of benzene rings is 1. The van der Waals surface area contributed by atoms with Crippen molar-refractivity contribution in [1.82, 2.24) is 10.9 Å². The fourth-order valence-electron chi connectivity index (χ4n) is 1.83. The molecule has 0 fully saturated rings. The molecule has 2 unspecified atom stereocenters. The molecule has 1 rings (SSSR count). The van der Waals surface area contributed by atoms with Gasteiger partial charge in [-0.1, -0.05) is 19.1 Å². The fourth-order valence-corrected chi connectivity index (χ4v) is 2.56. The van der Waals surface area contributed by atoms with Gasteiger partial charge in [-0.15, -0.1) is 0 Å². The van der Waals surface area contributed by atoms with Gasteiger partial charge in [0.25, 0.3) is 5.91 Å². The first-order valence-corrected chi connectivity index (χ1v) is 8.61. The highest BCUT2D eigenvalue weighted by Gasteiger charge is 2.29. The number of aliphatic hydroxyl groups is 1. The quantitative estimate of drug-likeness (QED) is 0.395. The molecule has 24 heavy (non-hydrogen) atoms. The van der Waals surface area contributed by atoms with Crippen LogP contribution in [0.2, 0.25) is 0 Å². The van der Waals surface area contributed by atoms with E-state index in [1.807, 2.05) is 6.92 Å². The van der Waals surface area contributed by atoms with Crippen molar-refractivity contribution in [1.29, 1.82) is 0 Å². The number of hydrazine groups is 1. The van der Waals surface area contributed by atoms with Crippen LogP contribution in [-0.4, -0.2) is 34.7 Å². The zero-order valence-electron chi connectivity index (χ0n) is 13.3. The molecular weight excluding hydrogens is 343 g/mol. The summed E-state index contributed by atoms with van der Waals surface area (Å²) in [5.41, 5.74) is 10.4. The summed E-state index contributed by atoms with van der Waals surface area (Å²) >= 11 is 1.66. The lowest BCUT2D eigenvalue weighted by atomic mass is 10.1. The minimum Gasteiger partial charge on any atom is -0.382 e. The van der Waals surface area contributed by atoms with Crippen LogP contribution in [0.1, 0.15) is 24.5 Å². The van der Waals surface area contributed by atoms with Crippen molar-refractivity contribution in [2.45, 2.75) is 38.2 Å². The third kappa shape index (κ3) is 7.08. The maximum absolute atomic E-state index is 12.4. The lowest BCUT2D eigenvalue weighted by molar-refractivity contribution is -0.137. The third-order valence-electron chi connectivity index (χ3n) is 3.26. The Morgan fingerprint density at radius 1 is 1.33 bits per heavy atom. The molecule has 0 aromatic heterocycles. The molecule has 9 heteroatoms. The van der Waals surface area contributed by atoms with E-state index in [1.54, 1.807) is 11.8 Å². The minimum atomic E-state index is -4.38. The second-order valence-corrected chi connectivity index (χ2v) is 6.53. The number of aliphatic hydroxyl groups excluding tert-OH is 1. The summed E-state index contributed by atoms with van der Waals surface area (Å²) in [6.07, 6.45) is -5.22. The standard InChI is InChI=1S/C15H22F3N3O2S/c1-2-24-8-7-12(19)13(22)14(23)21-20-9-10-3-5-11(6-4-10)15(16,17)18/h3-6,12-13,20,22H,2,7-9,19H2,1H3,(H,21,23). The summed E-state index contributed by atoms with van der Waals surface area (Å²) in [6, 6.07) is 3.89. The fraction of sp³-hybridized carbons (Fsp3) is 0.533. The Morgan fingerprint density at radius 2 is 1.96 bits per heavy atom. The second kappa shape index (κ2) is 9.87. The Balaban J connectivity index is 2.37. The van der Waals surface area contributed by atoms with E-state index < -0.39 is 29.8 Å². The van der Waals surface area contributed by atoms with Crippen LogP contribution in [0.3, 0.4) is 0 Å². The van der Waals surface area contributed by atoms with Gasteiger partial charge in [-0.05, 0) is 35.6 Å². The number of halogens is 3. The molecule has 0 aliphatic heterocycles. The van der Waals surface area contributed by atoms with Gasteiger partial charge in [-0.2, -0.15) is 24.9 Å². The van der Waals surface area contributed by atoms with Gasteiger partial charge in [0.2, 0.25) is 0 Å². The van der Waals surface area contributed by atoms with E-state index in [9.17, 15) is 23.1 Å². The zero-order chi connectivity index (χ0) is 18.2. The summed E-state index contributed by atoms with van der Waals surface area (Å²) in [4.78, 5) is 11.7. The van der Waals surface area contributed by atoms with E-state index in [0.717, 1.165) is 23.6 Å². The first kappa shape index (κ1) is 20.8. The molecule has 0 aliphatic rings. The summed E-state index contributed by atoms with van der Waals surface area (Å²) in [5, 5.41) is 9.80. The van der Waals surface area contributed by atoms with Crippen molar-refractivity contribution in [2.24, 2.45) is 5.73 Å². The van der Waals surface area contributed by atoms with Crippen LogP contribution >= 0.6 is 11.8 Å². The van der Waals surface area contributed by atoms with Gasteiger partial charge in [-0.3, -0.25) is 10.2 Å². The second-order valence-electron chi connectivity index (χ2n) is 5.13. The van der Waals surface area contributed by atoms with E-state index in [1.165, 1.54) is 12.1 Å². The van der Waals surface area contributed by atoms with E-state index in [4.69, 9.17) is 5.73 Å². The van der Waals surface area contributed by atoms with Crippen LogP contribution in [0.15, 0.2) is 24.3 Å². The molecule has 0 spiro atoms. The van der Waals surface area contributed by atoms with Gasteiger partial charge >= 0.3 is 6.18 Å². The highest BCUT2D eigenvalue weighted by molar-refractivity contribution is 7.99. The number of carbonyl (C=O) groups excluding carboxylic acids is 1. The molecule has 0 radical (unpaired) electrons. The number of hydrogen-bond acceptors (Lipinski definition) is 5. The number of rotatable bonds is 9. The highest BCUT2D eigenvalue weighted by Crippen LogP contribution is 2.28.